The van der Waals surface area contributed by atoms with Gasteiger partial charge in [0.25, 0.3) is 0 Å². The molecule has 40 heavy (non-hydrogen) atoms. The molecule has 5 aromatic rings. The number of rotatable bonds is 4. The monoisotopic (exact) mass is 640 g/mol. The predicted molar refractivity (Wildman–Crippen MR) is 163 cm³/mol. The van der Waals surface area contributed by atoms with Crippen LogP contribution in [0.1, 0.15) is 55.4 Å². The van der Waals surface area contributed by atoms with E-state index in [1.807, 2.05) is 0 Å². The van der Waals surface area contributed by atoms with Crippen LogP contribution in [0.25, 0.3) is 21.5 Å². The van der Waals surface area contributed by atoms with Crippen molar-refractivity contribution in [2.75, 3.05) is 0 Å². The molecule has 0 saturated carbocycles. The van der Waals surface area contributed by atoms with Crippen molar-refractivity contribution in [1.82, 2.24) is 0 Å². The summed E-state index contributed by atoms with van der Waals surface area (Å²) in [5.41, 5.74) is 8.41. The Labute approximate surface area is 267 Å². The van der Waals surface area contributed by atoms with Crippen molar-refractivity contribution >= 4 is 24.8 Å². The first-order valence-electron chi connectivity index (χ1n) is 13.5. The zero-order chi connectivity index (χ0) is 26.9. The zero-order valence-corrected chi connectivity index (χ0v) is 27.7. The van der Waals surface area contributed by atoms with Crippen LogP contribution < -0.4 is 24.8 Å². The topological polar surface area (TPSA) is 0 Å². The van der Waals surface area contributed by atoms with Crippen LogP contribution in [0.3, 0.4) is 0 Å². The van der Waals surface area contributed by atoms with Crippen LogP contribution in [0.5, 0.6) is 0 Å². The van der Waals surface area contributed by atoms with Crippen molar-refractivity contribution in [1.29, 1.82) is 0 Å². The Hall–Kier alpha value is -2.44. The van der Waals surface area contributed by atoms with Gasteiger partial charge in [0.1, 0.15) is 0 Å². The van der Waals surface area contributed by atoms with E-state index in [9.17, 15) is 0 Å². The van der Waals surface area contributed by atoms with Gasteiger partial charge in [-0.3, -0.25) is 6.08 Å². The Morgan fingerprint density at radius 1 is 0.700 bits per heavy atom. The second kappa shape index (κ2) is 16.7. The van der Waals surface area contributed by atoms with E-state index in [0.29, 0.717) is 0 Å². The van der Waals surface area contributed by atoms with Gasteiger partial charge in [0, 0.05) is 0 Å². The summed E-state index contributed by atoms with van der Waals surface area (Å²) in [5, 5.41) is 5.46. The molecule has 0 saturated heterocycles. The molecule has 0 spiro atoms. The van der Waals surface area contributed by atoms with Crippen LogP contribution in [-0.2, 0) is 24.2 Å². The van der Waals surface area contributed by atoms with E-state index < -0.39 is 0 Å². The molecule has 0 heterocycles. The van der Waals surface area contributed by atoms with Crippen molar-refractivity contribution in [3.8, 4) is 0 Å². The quantitative estimate of drug-likeness (QED) is 0.260. The molecule has 0 unspecified atom stereocenters. The number of hydrogen-bond acceptors (Lipinski definition) is 0. The Balaban J connectivity index is 0.000000211. The fourth-order valence-corrected chi connectivity index (χ4v) is 5.67. The molecular weight excluding hydrogens is 607 g/mol. The van der Waals surface area contributed by atoms with Gasteiger partial charge in [-0.1, -0.05) is 62.1 Å². The van der Waals surface area contributed by atoms with Crippen molar-refractivity contribution in [2.24, 2.45) is 0 Å². The van der Waals surface area contributed by atoms with Gasteiger partial charge in [0.05, 0.1) is 0 Å². The van der Waals surface area contributed by atoms with E-state index in [-0.39, 0.29) is 24.8 Å². The molecule has 0 amide bonds. The van der Waals surface area contributed by atoms with E-state index in [0.717, 1.165) is 6.42 Å². The fraction of sp³-hybridized carbons (Fsp3) is 0.189. The van der Waals surface area contributed by atoms with E-state index in [1.165, 1.54) is 89.7 Å². The summed E-state index contributed by atoms with van der Waals surface area (Å²) in [5.74, 6) is 0. The summed E-state index contributed by atoms with van der Waals surface area (Å²) in [6, 6.07) is 36.7. The molecule has 0 nitrogen and oxygen atoms in total. The molecule has 0 N–H and O–H groups in total. The van der Waals surface area contributed by atoms with E-state index in [1.54, 1.807) is 5.57 Å². The molecular formula is C37H36Cl2Zr-2. The number of fused-ring (bicyclic) bond motifs is 3. The molecule has 1 aliphatic rings. The summed E-state index contributed by atoms with van der Waals surface area (Å²) in [7, 11) is 0. The Kier molecular flexibility index (Phi) is 14.1. The second-order valence-electron chi connectivity index (χ2n) is 9.79. The number of benzene rings is 4. The number of allylic oxidation sites excluding steroid dienone is 4. The first kappa shape index (κ1) is 33.8. The van der Waals surface area contributed by atoms with Gasteiger partial charge in [-0.25, -0.2) is 6.08 Å². The van der Waals surface area contributed by atoms with Gasteiger partial charge in [-0.2, -0.15) is 11.1 Å². The van der Waals surface area contributed by atoms with E-state index >= 15 is 0 Å². The normalized spacial score (nSPS) is 11.7. The van der Waals surface area contributed by atoms with Gasteiger partial charge < -0.3 is 24.8 Å². The molecule has 0 atom stereocenters. The third-order valence-corrected chi connectivity index (χ3v) is 8.41. The molecule has 204 valence electrons. The third-order valence-electron chi connectivity index (χ3n) is 6.99. The minimum absolute atomic E-state index is 0. The Morgan fingerprint density at radius 3 is 1.57 bits per heavy atom. The molecule has 5 aromatic carbocycles. The van der Waals surface area contributed by atoms with E-state index in [2.05, 4.69) is 143 Å². The van der Waals surface area contributed by atoms with Gasteiger partial charge in [-0.05, 0) is 13.8 Å². The van der Waals surface area contributed by atoms with Crippen LogP contribution in [-0.4, -0.2) is 3.21 Å². The molecule has 3 heteroatoms. The predicted octanol–water partition coefficient (Wildman–Crippen LogP) is 4.01. The maximum atomic E-state index is 3.23. The number of hydrogen-bond donors (Lipinski definition) is 0. The summed E-state index contributed by atoms with van der Waals surface area (Å²) in [6.07, 6.45) is 8.82. The molecule has 1 aliphatic carbocycles. The summed E-state index contributed by atoms with van der Waals surface area (Å²) >= 11 is 1.46. The van der Waals surface area contributed by atoms with Crippen LogP contribution in [0.4, 0.5) is 0 Å². The number of aryl methyl sites for hydroxylation is 2. The second-order valence-corrected chi connectivity index (χ2v) is 11.0. The maximum absolute atomic E-state index is 3.23. The first-order valence-corrected chi connectivity index (χ1v) is 14.8. The number of halogens is 2. The van der Waals surface area contributed by atoms with Crippen molar-refractivity contribution in [3.05, 3.63) is 149 Å². The van der Waals surface area contributed by atoms with Gasteiger partial charge in [0.2, 0.25) is 0 Å². The SMILES string of the molecule is CCC1=C(CC)C[C-]=C1.Cc1ccc2c(c1)[cH-]c1cc(C)ccc12.[Cl-].[Cl-].[Zr+2]=[C](c1ccccc1)c1ccccc1. The average molecular weight is 643 g/mol. The van der Waals surface area contributed by atoms with E-state index in [4.69, 9.17) is 0 Å². The molecule has 0 aliphatic heterocycles. The molecule has 0 radical (unpaired) electrons. The summed E-state index contributed by atoms with van der Waals surface area (Å²) in [6.45, 7) is 8.70. The third kappa shape index (κ3) is 8.78. The standard InChI is InChI=1S/C15H13.C13H10.C9H13.2ClH.Zr/c1-10-3-5-14-12(7-10)9-13-8-11(2)4-6-15(13)14;1-3-7-12(8-4-1)11-13-9-5-2-6-10-13;1-3-8-6-5-7-9(8)4-2;;;/h3-9H,1-2H3;1-10H;6H,3-4,7H2,1-2H3;2*1H;/q-1;;-1;;;+2/p-2. The van der Waals surface area contributed by atoms with Crippen LogP contribution >= 0.6 is 0 Å². The van der Waals surface area contributed by atoms with Crippen molar-refractivity contribution < 1.29 is 49.0 Å². The minimum atomic E-state index is 0. The van der Waals surface area contributed by atoms with Crippen molar-refractivity contribution in [2.45, 2.75) is 47.0 Å². The Morgan fingerprint density at radius 2 is 1.18 bits per heavy atom. The first-order chi connectivity index (χ1) is 18.5. The van der Waals surface area contributed by atoms with Gasteiger partial charge >= 0.3 is 99.2 Å². The van der Waals surface area contributed by atoms with Crippen LogP contribution in [0.2, 0.25) is 0 Å². The average Bonchev–Trinajstić information content (AvgIpc) is 3.57. The van der Waals surface area contributed by atoms with Gasteiger partial charge in [-0.15, -0.1) is 46.2 Å². The molecule has 6 rings (SSSR count). The summed E-state index contributed by atoms with van der Waals surface area (Å²) < 4.78 is 1.42. The fourth-order valence-electron chi connectivity index (χ4n) is 4.85. The van der Waals surface area contributed by atoms with Crippen molar-refractivity contribution in [3.63, 3.8) is 0 Å². The Bertz CT molecular complexity index is 1480. The zero-order valence-electron chi connectivity index (χ0n) is 23.8. The molecule has 0 bridgehead atoms. The van der Waals surface area contributed by atoms with Crippen LogP contribution in [0.15, 0.2) is 120 Å². The summed E-state index contributed by atoms with van der Waals surface area (Å²) in [4.78, 5) is 0. The molecule has 0 aromatic heterocycles. The van der Waals surface area contributed by atoms with Crippen LogP contribution in [0, 0.1) is 19.9 Å². The molecule has 0 fully saturated rings. The van der Waals surface area contributed by atoms with Gasteiger partial charge in [0.15, 0.2) is 0 Å².